The molecule has 7 nitrogen and oxygen atoms in total. The van der Waals surface area contributed by atoms with Crippen LogP contribution in [-0.4, -0.2) is 44.8 Å². The first-order valence-electron chi connectivity index (χ1n) is 6.71. The molecule has 10 heteroatoms. The lowest BCUT2D eigenvalue weighted by molar-refractivity contribution is 0.586. The molecule has 1 rings (SSSR count). The summed E-state index contributed by atoms with van der Waals surface area (Å²) in [6.45, 7) is 3.75. The van der Waals surface area contributed by atoms with Crippen LogP contribution in [0.25, 0.3) is 0 Å². The van der Waals surface area contributed by atoms with Gasteiger partial charge in [0.05, 0.1) is 17.8 Å². The molecule has 1 aromatic heterocycles. The van der Waals surface area contributed by atoms with Gasteiger partial charge in [-0.15, -0.1) is 0 Å². The van der Waals surface area contributed by atoms with E-state index in [1.807, 2.05) is 14.0 Å². The highest BCUT2D eigenvalue weighted by Gasteiger charge is 2.08. The maximum absolute atomic E-state index is 11.0. The monoisotopic (exact) mass is 369 g/mol. The van der Waals surface area contributed by atoms with E-state index in [9.17, 15) is 8.42 Å². The van der Waals surface area contributed by atoms with Crippen molar-refractivity contribution in [2.24, 2.45) is 12.0 Å². The molecule has 22 heavy (non-hydrogen) atoms. The van der Waals surface area contributed by atoms with Gasteiger partial charge in [-0.05, 0) is 13.0 Å². The van der Waals surface area contributed by atoms with Crippen molar-refractivity contribution in [3.63, 3.8) is 0 Å². The highest BCUT2D eigenvalue weighted by atomic mass is 35.5. The van der Waals surface area contributed by atoms with Crippen LogP contribution in [0.3, 0.4) is 0 Å². The summed E-state index contributed by atoms with van der Waals surface area (Å²) in [7, 11) is -1.37. The molecule has 0 aromatic carbocycles. The van der Waals surface area contributed by atoms with Gasteiger partial charge in [0.15, 0.2) is 5.96 Å². The lowest BCUT2D eigenvalue weighted by Gasteiger charge is -2.11. The number of hydrogen-bond acceptors (Lipinski definition) is 3. The minimum atomic E-state index is -3.18. The fourth-order valence-electron chi connectivity index (χ4n) is 1.66. The van der Waals surface area contributed by atoms with Gasteiger partial charge in [0.25, 0.3) is 0 Å². The lowest BCUT2D eigenvalue weighted by Crippen LogP contribution is -2.41. The van der Waals surface area contributed by atoms with Crippen LogP contribution >= 0.6 is 23.2 Å². The molecule has 0 aliphatic heterocycles. The van der Waals surface area contributed by atoms with Crippen LogP contribution in [0.5, 0.6) is 0 Å². The first kappa shape index (κ1) is 19.1. The third-order valence-electron chi connectivity index (χ3n) is 2.74. The smallest absolute Gasteiger partial charge is 0.208 e. The zero-order valence-corrected chi connectivity index (χ0v) is 15.1. The first-order valence-corrected chi connectivity index (χ1v) is 9.35. The molecule has 0 amide bonds. The van der Waals surface area contributed by atoms with Gasteiger partial charge in [0.1, 0.15) is 5.15 Å². The number of halogens is 2. The minimum Gasteiger partial charge on any atom is -0.357 e. The quantitative estimate of drug-likeness (QED) is 0.379. The number of sulfonamides is 1. The van der Waals surface area contributed by atoms with Crippen molar-refractivity contribution < 1.29 is 8.42 Å². The second kappa shape index (κ2) is 8.61. The largest absolute Gasteiger partial charge is 0.357 e. The summed E-state index contributed by atoms with van der Waals surface area (Å²) in [5.74, 6) is 0.589. The number of nitrogens with one attached hydrogen (secondary N) is 3. The van der Waals surface area contributed by atoms with Crippen LogP contribution in [-0.2, 0) is 23.6 Å². The predicted molar refractivity (Wildman–Crippen MR) is 91.1 cm³/mol. The summed E-state index contributed by atoms with van der Waals surface area (Å²) in [6, 6.07) is 1.77. The number of aromatic nitrogens is 1. The van der Waals surface area contributed by atoms with Gasteiger partial charge in [-0.3, -0.25) is 0 Å². The molecule has 1 aromatic rings. The normalized spacial score (nSPS) is 12.5. The molecule has 0 radical (unpaired) electrons. The highest BCUT2D eigenvalue weighted by molar-refractivity contribution is 7.88. The van der Waals surface area contributed by atoms with Crippen molar-refractivity contribution in [2.45, 2.75) is 13.5 Å². The molecule has 0 aliphatic rings. The topological polar surface area (TPSA) is 87.5 Å². The lowest BCUT2D eigenvalue weighted by atomic mass is 10.4. The minimum absolute atomic E-state index is 0.283. The Morgan fingerprint density at radius 2 is 2.00 bits per heavy atom. The highest BCUT2D eigenvalue weighted by Crippen LogP contribution is 2.25. The summed E-state index contributed by atoms with van der Waals surface area (Å²) in [6.07, 6.45) is 1.12. The van der Waals surface area contributed by atoms with E-state index in [-0.39, 0.29) is 6.54 Å². The number of nitrogens with zero attached hydrogens (tertiary/aromatic N) is 2. The number of aliphatic imine (C=N–C) groups is 1. The predicted octanol–water partition coefficient (Wildman–Crippen LogP) is 0.936. The van der Waals surface area contributed by atoms with Gasteiger partial charge in [-0.25, -0.2) is 18.1 Å². The summed E-state index contributed by atoms with van der Waals surface area (Å²) in [5.41, 5.74) is 0.876. The summed E-state index contributed by atoms with van der Waals surface area (Å²) < 4.78 is 26.1. The molecule has 3 N–H and O–H groups in total. The van der Waals surface area contributed by atoms with Crippen molar-refractivity contribution in [3.8, 4) is 0 Å². The number of hydrogen-bond donors (Lipinski definition) is 3. The van der Waals surface area contributed by atoms with E-state index in [0.717, 1.165) is 11.9 Å². The molecule has 0 bridgehead atoms. The van der Waals surface area contributed by atoms with Gasteiger partial charge in [0, 0.05) is 32.4 Å². The second-order valence-electron chi connectivity index (χ2n) is 4.62. The van der Waals surface area contributed by atoms with E-state index in [4.69, 9.17) is 23.2 Å². The van der Waals surface area contributed by atoms with E-state index in [0.29, 0.717) is 35.8 Å². The molecule has 0 spiro atoms. The van der Waals surface area contributed by atoms with E-state index in [1.165, 1.54) is 0 Å². The maximum Gasteiger partial charge on any atom is 0.208 e. The average Bonchev–Trinajstić information content (AvgIpc) is 2.67. The number of guanidine groups is 1. The van der Waals surface area contributed by atoms with Crippen molar-refractivity contribution in [2.75, 3.05) is 25.9 Å². The van der Waals surface area contributed by atoms with Gasteiger partial charge >= 0.3 is 0 Å². The van der Waals surface area contributed by atoms with E-state index >= 15 is 0 Å². The zero-order chi connectivity index (χ0) is 16.8. The molecule has 0 saturated carbocycles. The van der Waals surface area contributed by atoms with Gasteiger partial charge < -0.3 is 15.2 Å². The molecule has 0 unspecified atom stereocenters. The SMILES string of the molecule is CCNC(=NCc1cc(Cl)c(Cl)n1C)NCCNS(C)(=O)=O. The van der Waals surface area contributed by atoms with E-state index < -0.39 is 10.0 Å². The first-order chi connectivity index (χ1) is 10.2. The summed E-state index contributed by atoms with van der Waals surface area (Å²) in [5, 5.41) is 7.08. The van der Waals surface area contributed by atoms with Crippen LogP contribution < -0.4 is 15.4 Å². The zero-order valence-electron chi connectivity index (χ0n) is 12.8. The molecule has 0 saturated heterocycles. The van der Waals surface area contributed by atoms with E-state index in [2.05, 4.69) is 20.3 Å². The molecule has 0 atom stereocenters. The van der Waals surface area contributed by atoms with Crippen molar-refractivity contribution in [1.29, 1.82) is 0 Å². The Hall–Kier alpha value is -0.960. The van der Waals surface area contributed by atoms with Crippen LogP contribution in [0, 0.1) is 0 Å². The fourth-order valence-corrected chi connectivity index (χ4v) is 2.55. The van der Waals surface area contributed by atoms with Gasteiger partial charge in [-0.2, -0.15) is 0 Å². The molecule has 0 fully saturated rings. The Bertz CT molecular complexity index is 628. The van der Waals surface area contributed by atoms with Gasteiger partial charge in [0.2, 0.25) is 10.0 Å². The van der Waals surface area contributed by atoms with Crippen molar-refractivity contribution in [3.05, 3.63) is 21.9 Å². The van der Waals surface area contributed by atoms with Gasteiger partial charge in [-0.1, -0.05) is 23.2 Å². The number of rotatable bonds is 7. The second-order valence-corrected chi connectivity index (χ2v) is 7.22. The molecule has 126 valence electrons. The van der Waals surface area contributed by atoms with Crippen LogP contribution in [0.4, 0.5) is 0 Å². The Kier molecular flexibility index (Phi) is 7.47. The third-order valence-corrected chi connectivity index (χ3v) is 4.31. The standard InChI is InChI=1S/C12H21Cl2N5O2S/c1-4-15-12(16-5-6-18-22(3,20)21)17-8-9-7-10(13)11(14)19(9)2/h7,18H,4-6,8H2,1-3H3,(H2,15,16,17). The fraction of sp³-hybridized carbons (Fsp3) is 0.583. The Morgan fingerprint density at radius 1 is 1.32 bits per heavy atom. The summed E-state index contributed by atoms with van der Waals surface area (Å²) in [4.78, 5) is 4.41. The average molecular weight is 370 g/mol. The Balaban J connectivity index is 2.60. The van der Waals surface area contributed by atoms with Crippen LogP contribution in [0.2, 0.25) is 10.2 Å². The van der Waals surface area contributed by atoms with Crippen molar-refractivity contribution in [1.82, 2.24) is 19.9 Å². The maximum atomic E-state index is 11.0. The molecule has 1 heterocycles. The van der Waals surface area contributed by atoms with Crippen LogP contribution in [0.1, 0.15) is 12.6 Å². The Morgan fingerprint density at radius 3 is 2.50 bits per heavy atom. The Labute approximate surface area is 141 Å². The summed E-state index contributed by atoms with van der Waals surface area (Å²) >= 11 is 12.0. The van der Waals surface area contributed by atoms with E-state index in [1.54, 1.807) is 10.6 Å². The van der Waals surface area contributed by atoms with Crippen LogP contribution in [0.15, 0.2) is 11.1 Å². The van der Waals surface area contributed by atoms with Crippen molar-refractivity contribution >= 4 is 39.2 Å². The molecule has 0 aliphatic carbocycles. The molecular formula is C12H21Cl2N5O2S. The third kappa shape index (κ3) is 6.43. The molecular weight excluding hydrogens is 349 g/mol.